The number of aryl methyl sites for hydroxylation is 1. The van der Waals surface area contributed by atoms with Gasteiger partial charge in [-0.3, -0.25) is 4.79 Å². The Hall–Kier alpha value is -3.33. The van der Waals surface area contributed by atoms with Crippen LogP contribution in [0.2, 0.25) is 0 Å². The van der Waals surface area contributed by atoms with E-state index in [9.17, 15) is 4.79 Å². The second-order valence-electron chi connectivity index (χ2n) is 5.54. The molecule has 2 aromatic carbocycles. The lowest BCUT2D eigenvalue weighted by molar-refractivity contribution is -0.122. The standard InChI is InChI=1S/C20H19NO5/c1-15-4-6-16(7-5-15)24-13-20(22)21-10-2-3-11-23-17-8-9-18-19(12-17)26-14-25-18/h4-9,12H,10-11,13-14H2,1H3,(H,21,22). The minimum absolute atomic E-state index is 0.0432. The van der Waals surface area contributed by atoms with Crippen LogP contribution < -0.4 is 24.3 Å². The highest BCUT2D eigenvalue weighted by Gasteiger charge is 2.13. The molecule has 1 N–H and O–H groups in total. The van der Waals surface area contributed by atoms with E-state index in [1.165, 1.54) is 0 Å². The van der Waals surface area contributed by atoms with Crippen LogP contribution in [0.1, 0.15) is 5.56 Å². The van der Waals surface area contributed by atoms with Gasteiger partial charge in [0.1, 0.15) is 18.1 Å². The molecular formula is C20H19NO5. The molecular weight excluding hydrogens is 334 g/mol. The summed E-state index contributed by atoms with van der Waals surface area (Å²) in [6.45, 7) is 2.63. The van der Waals surface area contributed by atoms with E-state index in [2.05, 4.69) is 17.2 Å². The number of carbonyl (C=O) groups is 1. The van der Waals surface area contributed by atoms with Crippen LogP contribution in [0.4, 0.5) is 0 Å². The number of rotatable bonds is 6. The van der Waals surface area contributed by atoms with E-state index in [4.69, 9.17) is 18.9 Å². The summed E-state index contributed by atoms with van der Waals surface area (Å²) in [5.74, 6) is 8.12. The van der Waals surface area contributed by atoms with Crippen LogP contribution in [-0.4, -0.2) is 32.5 Å². The third-order valence-corrected chi connectivity index (χ3v) is 3.54. The molecule has 6 heteroatoms. The summed E-state index contributed by atoms with van der Waals surface area (Å²) in [6.07, 6.45) is 0. The topological polar surface area (TPSA) is 66.0 Å². The van der Waals surface area contributed by atoms with Gasteiger partial charge in [-0.1, -0.05) is 29.5 Å². The lowest BCUT2D eigenvalue weighted by atomic mass is 10.2. The SMILES string of the molecule is Cc1ccc(OCC(=O)NCC#CCOc2ccc3c(c2)OCO3)cc1. The van der Waals surface area contributed by atoms with Crippen LogP contribution in [0, 0.1) is 18.8 Å². The first-order valence-electron chi connectivity index (χ1n) is 8.15. The van der Waals surface area contributed by atoms with Crippen LogP contribution >= 0.6 is 0 Å². The normalized spacial score (nSPS) is 11.3. The van der Waals surface area contributed by atoms with Crippen molar-refractivity contribution in [1.82, 2.24) is 5.32 Å². The molecule has 0 saturated heterocycles. The Labute approximate surface area is 152 Å². The zero-order chi connectivity index (χ0) is 18.2. The van der Waals surface area contributed by atoms with Gasteiger partial charge < -0.3 is 24.3 Å². The highest BCUT2D eigenvalue weighted by atomic mass is 16.7. The average molecular weight is 353 g/mol. The fraction of sp³-hybridized carbons (Fsp3) is 0.250. The van der Waals surface area contributed by atoms with E-state index >= 15 is 0 Å². The van der Waals surface area contributed by atoms with Crippen molar-refractivity contribution in [2.24, 2.45) is 0 Å². The molecule has 0 spiro atoms. The van der Waals surface area contributed by atoms with Crippen LogP contribution in [0.3, 0.4) is 0 Å². The molecule has 0 aliphatic carbocycles. The summed E-state index contributed by atoms with van der Waals surface area (Å²) in [7, 11) is 0. The summed E-state index contributed by atoms with van der Waals surface area (Å²) >= 11 is 0. The largest absolute Gasteiger partial charge is 0.484 e. The Bertz CT molecular complexity index is 820. The molecule has 1 aliphatic rings. The van der Waals surface area contributed by atoms with E-state index in [0.717, 1.165) is 5.56 Å². The number of amides is 1. The molecule has 6 nitrogen and oxygen atoms in total. The molecule has 0 atom stereocenters. The predicted octanol–water partition coefficient (Wildman–Crippen LogP) is 2.30. The maximum absolute atomic E-state index is 11.7. The molecule has 26 heavy (non-hydrogen) atoms. The van der Waals surface area contributed by atoms with Crippen LogP contribution in [-0.2, 0) is 4.79 Å². The number of nitrogens with one attached hydrogen (secondary N) is 1. The number of ether oxygens (including phenoxy) is 4. The fourth-order valence-electron chi connectivity index (χ4n) is 2.18. The Morgan fingerprint density at radius 3 is 2.65 bits per heavy atom. The number of carbonyl (C=O) groups excluding carboxylic acids is 1. The van der Waals surface area contributed by atoms with Gasteiger partial charge in [0.05, 0.1) is 6.54 Å². The van der Waals surface area contributed by atoms with Gasteiger partial charge in [-0.25, -0.2) is 0 Å². The molecule has 0 saturated carbocycles. The molecule has 3 rings (SSSR count). The molecule has 0 radical (unpaired) electrons. The molecule has 1 heterocycles. The Morgan fingerprint density at radius 1 is 1.04 bits per heavy atom. The monoisotopic (exact) mass is 353 g/mol. The molecule has 1 aliphatic heterocycles. The predicted molar refractivity (Wildman–Crippen MR) is 95.5 cm³/mol. The maximum atomic E-state index is 11.7. The van der Waals surface area contributed by atoms with Crippen molar-refractivity contribution in [3.05, 3.63) is 48.0 Å². The van der Waals surface area contributed by atoms with Gasteiger partial charge in [0.2, 0.25) is 6.79 Å². The summed E-state index contributed by atoms with van der Waals surface area (Å²) in [5.41, 5.74) is 1.14. The van der Waals surface area contributed by atoms with Gasteiger partial charge in [0, 0.05) is 6.07 Å². The molecule has 134 valence electrons. The van der Waals surface area contributed by atoms with E-state index < -0.39 is 0 Å². The van der Waals surface area contributed by atoms with Crippen molar-refractivity contribution in [1.29, 1.82) is 0 Å². The average Bonchev–Trinajstić information content (AvgIpc) is 3.12. The van der Waals surface area contributed by atoms with E-state index in [0.29, 0.717) is 23.0 Å². The second kappa shape index (κ2) is 8.67. The van der Waals surface area contributed by atoms with Crippen LogP contribution in [0.25, 0.3) is 0 Å². The molecule has 0 unspecified atom stereocenters. The Balaban J connectivity index is 1.32. The summed E-state index contributed by atoms with van der Waals surface area (Å²) < 4.78 is 21.4. The first-order valence-corrected chi connectivity index (χ1v) is 8.15. The van der Waals surface area contributed by atoms with Crippen molar-refractivity contribution in [3.8, 4) is 34.8 Å². The van der Waals surface area contributed by atoms with Crippen LogP contribution in [0.5, 0.6) is 23.0 Å². The second-order valence-corrected chi connectivity index (χ2v) is 5.54. The minimum atomic E-state index is -0.225. The lowest BCUT2D eigenvalue weighted by Crippen LogP contribution is -2.29. The van der Waals surface area contributed by atoms with Gasteiger partial charge in [0.25, 0.3) is 5.91 Å². The van der Waals surface area contributed by atoms with Gasteiger partial charge in [0.15, 0.2) is 18.1 Å². The first kappa shape index (κ1) is 17.5. The lowest BCUT2D eigenvalue weighted by Gasteiger charge is -2.05. The zero-order valence-corrected chi connectivity index (χ0v) is 14.4. The van der Waals surface area contributed by atoms with Gasteiger partial charge in [-0.05, 0) is 31.2 Å². The van der Waals surface area contributed by atoms with Crippen molar-refractivity contribution in [2.75, 3.05) is 26.6 Å². The molecule has 0 bridgehead atoms. The van der Waals surface area contributed by atoms with E-state index in [1.807, 2.05) is 31.2 Å². The minimum Gasteiger partial charge on any atom is -0.484 e. The van der Waals surface area contributed by atoms with E-state index in [1.54, 1.807) is 18.2 Å². The molecule has 2 aromatic rings. The van der Waals surface area contributed by atoms with Crippen molar-refractivity contribution in [2.45, 2.75) is 6.92 Å². The Morgan fingerprint density at radius 2 is 1.81 bits per heavy atom. The van der Waals surface area contributed by atoms with Crippen molar-refractivity contribution >= 4 is 5.91 Å². The maximum Gasteiger partial charge on any atom is 0.258 e. The van der Waals surface area contributed by atoms with Gasteiger partial charge >= 0.3 is 0 Å². The molecule has 1 amide bonds. The van der Waals surface area contributed by atoms with E-state index in [-0.39, 0.29) is 32.5 Å². The highest BCUT2D eigenvalue weighted by molar-refractivity contribution is 5.77. The summed E-state index contributed by atoms with van der Waals surface area (Å²) in [5, 5.41) is 2.67. The number of benzene rings is 2. The zero-order valence-electron chi connectivity index (χ0n) is 14.4. The Kier molecular flexibility index (Phi) is 5.84. The van der Waals surface area contributed by atoms with Crippen molar-refractivity contribution in [3.63, 3.8) is 0 Å². The smallest absolute Gasteiger partial charge is 0.258 e. The third-order valence-electron chi connectivity index (χ3n) is 3.54. The van der Waals surface area contributed by atoms with Gasteiger partial charge in [-0.2, -0.15) is 0 Å². The number of hydrogen-bond donors (Lipinski definition) is 1. The highest BCUT2D eigenvalue weighted by Crippen LogP contribution is 2.34. The third kappa shape index (κ3) is 5.08. The van der Waals surface area contributed by atoms with Crippen molar-refractivity contribution < 1.29 is 23.7 Å². The first-order chi connectivity index (χ1) is 12.7. The number of fused-ring (bicyclic) bond motifs is 1. The van der Waals surface area contributed by atoms with Gasteiger partial charge in [-0.15, -0.1) is 0 Å². The summed E-state index contributed by atoms with van der Waals surface area (Å²) in [4.78, 5) is 11.7. The molecule has 0 aromatic heterocycles. The number of hydrogen-bond acceptors (Lipinski definition) is 5. The summed E-state index contributed by atoms with van der Waals surface area (Å²) in [6, 6.07) is 12.9. The quantitative estimate of drug-likeness (QED) is 0.808. The fourth-order valence-corrected chi connectivity index (χ4v) is 2.18. The molecule has 0 fully saturated rings. The van der Waals surface area contributed by atoms with Crippen LogP contribution in [0.15, 0.2) is 42.5 Å².